The van der Waals surface area contributed by atoms with Gasteiger partial charge in [0.1, 0.15) is 0 Å². The molecule has 0 aromatic carbocycles. The van der Waals surface area contributed by atoms with E-state index in [0.717, 1.165) is 11.1 Å². The van der Waals surface area contributed by atoms with Gasteiger partial charge in [-0.2, -0.15) is 11.3 Å². The van der Waals surface area contributed by atoms with Crippen LogP contribution in [0.4, 0.5) is 0 Å². The molecule has 3 aromatic rings. The molecule has 3 nitrogen and oxygen atoms in total. The number of rotatable bonds is 6. The average molecular weight is 329 g/mol. The summed E-state index contributed by atoms with van der Waals surface area (Å²) < 4.78 is 5.10. The lowest BCUT2D eigenvalue weighted by atomic mass is 10.2. The van der Waals surface area contributed by atoms with Gasteiger partial charge in [-0.05, 0) is 46.0 Å². The Hall–Kier alpha value is -2.11. The minimum atomic E-state index is 0.000741. The molecular weight excluding hydrogens is 314 g/mol. The zero-order valence-electron chi connectivity index (χ0n) is 11.8. The molecule has 0 saturated carbocycles. The third-order valence-corrected chi connectivity index (χ3v) is 4.72. The Bertz CT molecular complexity index is 677. The van der Waals surface area contributed by atoms with Crippen molar-refractivity contribution in [2.75, 3.05) is 0 Å². The number of carbonyl (C=O) groups excluding carboxylic acids is 1. The highest BCUT2D eigenvalue weighted by molar-refractivity contribution is 7.09. The molecular formula is C17H15NO2S2. The van der Waals surface area contributed by atoms with E-state index in [2.05, 4.69) is 0 Å². The van der Waals surface area contributed by atoms with Crippen molar-refractivity contribution in [3.05, 3.63) is 75.0 Å². The minimum absolute atomic E-state index is 0.000741. The normalized spacial score (nSPS) is 11.1. The van der Waals surface area contributed by atoms with Crippen LogP contribution in [0.3, 0.4) is 0 Å². The Morgan fingerprint density at radius 1 is 1.23 bits per heavy atom. The van der Waals surface area contributed by atoms with Crippen LogP contribution in [0.25, 0.3) is 6.08 Å². The maximum absolute atomic E-state index is 12.5. The smallest absolute Gasteiger partial charge is 0.247 e. The number of thiophene rings is 2. The number of nitrogens with zero attached hydrogens (tertiary/aromatic N) is 1. The summed E-state index contributed by atoms with van der Waals surface area (Å²) in [4.78, 5) is 15.5. The first-order chi connectivity index (χ1) is 10.8. The van der Waals surface area contributed by atoms with Gasteiger partial charge < -0.3 is 9.32 Å². The monoisotopic (exact) mass is 329 g/mol. The molecule has 3 aromatic heterocycles. The van der Waals surface area contributed by atoms with Gasteiger partial charge in [-0.25, -0.2) is 0 Å². The predicted molar refractivity (Wildman–Crippen MR) is 90.6 cm³/mol. The number of furan rings is 1. The van der Waals surface area contributed by atoms with Crippen molar-refractivity contribution in [2.45, 2.75) is 13.1 Å². The summed E-state index contributed by atoms with van der Waals surface area (Å²) in [6.07, 6.45) is 6.80. The van der Waals surface area contributed by atoms with Gasteiger partial charge in [0.2, 0.25) is 5.91 Å². The van der Waals surface area contributed by atoms with Crippen molar-refractivity contribution in [2.24, 2.45) is 0 Å². The van der Waals surface area contributed by atoms with Crippen LogP contribution in [-0.4, -0.2) is 10.8 Å². The quantitative estimate of drug-likeness (QED) is 0.617. The third-order valence-electron chi connectivity index (χ3n) is 3.15. The minimum Gasteiger partial charge on any atom is -0.472 e. The van der Waals surface area contributed by atoms with E-state index in [9.17, 15) is 4.79 Å². The van der Waals surface area contributed by atoms with Crippen molar-refractivity contribution in [1.82, 2.24) is 4.90 Å². The Balaban J connectivity index is 1.73. The molecule has 0 spiro atoms. The Kier molecular flexibility index (Phi) is 4.88. The fraction of sp³-hybridized carbons (Fsp3) is 0.118. The number of carbonyl (C=O) groups is 1. The summed E-state index contributed by atoms with van der Waals surface area (Å²) in [5.41, 5.74) is 2.05. The van der Waals surface area contributed by atoms with E-state index in [4.69, 9.17) is 4.42 Å². The highest BCUT2D eigenvalue weighted by atomic mass is 32.1. The number of hydrogen-bond donors (Lipinski definition) is 0. The van der Waals surface area contributed by atoms with Gasteiger partial charge in [0.25, 0.3) is 0 Å². The van der Waals surface area contributed by atoms with Gasteiger partial charge in [0.15, 0.2) is 0 Å². The largest absolute Gasteiger partial charge is 0.472 e. The van der Waals surface area contributed by atoms with Crippen LogP contribution in [0.1, 0.15) is 16.0 Å². The van der Waals surface area contributed by atoms with E-state index >= 15 is 0 Å². The lowest BCUT2D eigenvalue weighted by Gasteiger charge is -2.19. The summed E-state index contributed by atoms with van der Waals surface area (Å²) in [5.74, 6) is 0.000741. The van der Waals surface area contributed by atoms with Crippen LogP contribution in [0.2, 0.25) is 0 Å². The zero-order chi connectivity index (χ0) is 15.2. The van der Waals surface area contributed by atoms with Crippen molar-refractivity contribution in [1.29, 1.82) is 0 Å². The van der Waals surface area contributed by atoms with E-state index in [1.54, 1.807) is 41.3 Å². The molecule has 0 unspecified atom stereocenters. The van der Waals surface area contributed by atoms with Gasteiger partial charge in [0.05, 0.1) is 19.1 Å². The van der Waals surface area contributed by atoms with Crippen LogP contribution in [0.5, 0.6) is 0 Å². The zero-order valence-corrected chi connectivity index (χ0v) is 13.5. The molecule has 0 aliphatic heterocycles. The second-order valence-electron chi connectivity index (χ2n) is 4.80. The van der Waals surface area contributed by atoms with Crippen LogP contribution in [0, 0.1) is 0 Å². The summed E-state index contributed by atoms with van der Waals surface area (Å²) in [6.45, 7) is 1.15. The van der Waals surface area contributed by atoms with Crippen LogP contribution in [-0.2, 0) is 17.9 Å². The second-order valence-corrected chi connectivity index (χ2v) is 6.61. The molecule has 112 valence electrons. The number of amides is 1. The van der Waals surface area contributed by atoms with E-state index in [1.165, 1.54) is 4.88 Å². The second kappa shape index (κ2) is 7.24. The molecule has 0 saturated heterocycles. The summed E-state index contributed by atoms with van der Waals surface area (Å²) in [7, 11) is 0. The van der Waals surface area contributed by atoms with Gasteiger partial charge in [-0.15, -0.1) is 11.3 Å². The highest BCUT2D eigenvalue weighted by Crippen LogP contribution is 2.16. The molecule has 3 rings (SSSR count). The molecule has 22 heavy (non-hydrogen) atoms. The van der Waals surface area contributed by atoms with Crippen LogP contribution < -0.4 is 0 Å². The molecule has 5 heteroatoms. The van der Waals surface area contributed by atoms with Gasteiger partial charge in [-0.3, -0.25) is 4.79 Å². The van der Waals surface area contributed by atoms with Gasteiger partial charge >= 0.3 is 0 Å². The summed E-state index contributed by atoms with van der Waals surface area (Å²) in [6, 6.07) is 7.93. The lowest BCUT2D eigenvalue weighted by molar-refractivity contribution is -0.127. The fourth-order valence-corrected chi connectivity index (χ4v) is 3.40. The molecule has 0 aliphatic rings. The molecule has 0 aliphatic carbocycles. The molecule has 0 bridgehead atoms. The number of hydrogen-bond acceptors (Lipinski definition) is 4. The first-order valence-corrected chi connectivity index (χ1v) is 8.66. The maximum Gasteiger partial charge on any atom is 0.247 e. The van der Waals surface area contributed by atoms with E-state index in [1.807, 2.05) is 51.4 Å². The molecule has 0 atom stereocenters. The average Bonchev–Trinajstić information content (AvgIpc) is 3.27. The molecule has 0 radical (unpaired) electrons. The van der Waals surface area contributed by atoms with Crippen molar-refractivity contribution >= 4 is 34.7 Å². The van der Waals surface area contributed by atoms with E-state index in [0.29, 0.717) is 13.1 Å². The standard InChI is InChI=1S/C17H15NO2S2/c19-17(4-3-14-6-9-21-13-14)18(10-15-5-7-20-12-15)11-16-2-1-8-22-16/h1-9,12-13H,10-11H2. The molecule has 1 amide bonds. The summed E-state index contributed by atoms with van der Waals surface area (Å²) in [5, 5.41) is 6.04. The van der Waals surface area contributed by atoms with Gasteiger partial charge in [0, 0.05) is 23.1 Å². The van der Waals surface area contributed by atoms with Crippen molar-refractivity contribution in [3.63, 3.8) is 0 Å². The molecule has 0 N–H and O–H groups in total. The Labute approximate surface area is 137 Å². The first-order valence-electron chi connectivity index (χ1n) is 6.84. The van der Waals surface area contributed by atoms with Crippen LogP contribution in [0.15, 0.2) is 63.4 Å². The SMILES string of the molecule is O=C(C=Cc1ccsc1)N(Cc1ccoc1)Cc1cccs1. The Morgan fingerprint density at radius 3 is 2.86 bits per heavy atom. The lowest BCUT2D eigenvalue weighted by Crippen LogP contribution is -2.27. The van der Waals surface area contributed by atoms with Crippen LogP contribution >= 0.6 is 22.7 Å². The third kappa shape index (κ3) is 3.96. The topological polar surface area (TPSA) is 33.5 Å². The fourth-order valence-electron chi connectivity index (χ4n) is 2.05. The van der Waals surface area contributed by atoms with Crippen molar-refractivity contribution in [3.8, 4) is 0 Å². The molecule has 3 heterocycles. The van der Waals surface area contributed by atoms with E-state index < -0.39 is 0 Å². The summed E-state index contributed by atoms with van der Waals surface area (Å²) >= 11 is 3.28. The molecule has 0 fully saturated rings. The maximum atomic E-state index is 12.5. The van der Waals surface area contributed by atoms with Gasteiger partial charge in [-0.1, -0.05) is 6.07 Å². The Morgan fingerprint density at radius 2 is 2.18 bits per heavy atom. The first kappa shape index (κ1) is 14.8. The highest BCUT2D eigenvalue weighted by Gasteiger charge is 2.13. The van der Waals surface area contributed by atoms with Crippen molar-refractivity contribution < 1.29 is 9.21 Å². The van der Waals surface area contributed by atoms with E-state index in [-0.39, 0.29) is 5.91 Å². The predicted octanol–water partition coefficient (Wildman–Crippen LogP) is 4.64.